The summed E-state index contributed by atoms with van der Waals surface area (Å²) in [5.74, 6) is 1.86. The van der Waals surface area contributed by atoms with Crippen LogP contribution >= 0.6 is 0 Å². The molecule has 3 rings (SSSR count). The molecule has 21 heavy (non-hydrogen) atoms. The average Bonchev–Trinajstić information content (AvgIpc) is 2.92. The van der Waals surface area contributed by atoms with Crippen molar-refractivity contribution in [3.05, 3.63) is 12.3 Å². The number of hydrogen-bond donors (Lipinski definition) is 2. The van der Waals surface area contributed by atoms with Crippen molar-refractivity contribution in [1.82, 2.24) is 15.3 Å². The van der Waals surface area contributed by atoms with Gasteiger partial charge in [-0.3, -0.25) is 0 Å². The van der Waals surface area contributed by atoms with Crippen molar-refractivity contribution < 1.29 is 0 Å². The summed E-state index contributed by atoms with van der Waals surface area (Å²) in [6, 6.07) is 2.49. The Hall–Kier alpha value is -1.36. The van der Waals surface area contributed by atoms with Crippen molar-refractivity contribution in [3.63, 3.8) is 0 Å². The zero-order chi connectivity index (χ0) is 14.3. The van der Waals surface area contributed by atoms with Crippen LogP contribution in [-0.2, 0) is 0 Å². The molecule has 3 heterocycles. The van der Waals surface area contributed by atoms with Gasteiger partial charge in [0.05, 0.1) is 0 Å². The highest BCUT2D eigenvalue weighted by Gasteiger charge is 2.15. The van der Waals surface area contributed by atoms with E-state index in [0.717, 1.165) is 37.9 Å². The van der Waals surface area contributed by atoms with E-state index in [2.05, 4.69) is 20.5 Å². The zero-order valence-electron chi connectivity index (χ0n) is 12.9. The smallest absolute Gasteiger partial charge is 0.224 e. The minimum atomic E-state index is 0.451. The quantitative estimate of drug-likeness (QED) is 0.895. The summed E-state index contributed by atoms with van der Waals surface area (Å²) < 4.78 is 0. The lowest BCUT2D eigenvalue weighted by Crippen LogP contribution is -2.32. The second-order valence-electron chi connectivity index (χ2n) is 6.18. The molecule has 0 bridgehead atoms. The highest BCUT2D eigenvalue weighted by atomic mass is 15.2. The molecule has 0 aromatic carbocycles. The van der Waals surface area contributed by atoms with E-state index in [1.807, 2.05) is 12.3 Å². The summed E-state index contributed by atoms with van der Waals surface area (Å²) in [7, 11) is 0. The summed E-state index contributed by atoms with van der Waals surface area (Å²) in [6.07, 6.45) is 10.9. The fraction of sp³-hybridized carbons (Fsp3) is 0.750. The van der Waals surface area contributed by atoms with Gasteiger partial charge in [0, 0.05) is 31.9 Å². The number of nitrogens with one attached hydrogen (secondary N) is 2. The molecule has 1 aromatic rings. The Kier molecular flexibility index (Phi) is 5.27. The first-order valence-electron chi connectivity index (χ1n) is 8.47. The minimum absolute atomic E-state index is 0.451. The van der Waals surface area contributed by atoms with Gasteiger partial charge in [-0.1, -0.05) is 19.3 Å². The number of anilines is 2. The van der Waals surface area contributed by atoms with Crippen molar-refractivity contribution in [2.75, 3.05) is 36.4 Å². The minimum Gasteiger partial charge on any atom is -0.356 e. The van der Waals surface area contributed by atoms with E-state index < -0.39 is 0 Å². The maximum absolute atomic E-state index is 4.74. The maximum atomic E-state index is 4.74. The normalized spacial score (nSPS) is 24.2. The standard InChI is InChI=1S/C16H27N5/c1-2-6-12-21(11-5-1)15-8-10-18-16(20-15)19-14-7-3-4-9-17-13-14/h8,10,14,17H,1-7,9,11-13H2,(H,18,19,20). The lowest BCUT2D eigenvalue weighted by molar-refractivity contribution is 0.630. The van der Waals surface area contributed by atoms with E-state index in [0.29, 0.717) is 6.04 Å². The van der Waals surface area contributed by atoms with Gasteiger partial charge in [-0.25, -0.2) is 4.98 Å². The van der Waals surface area contributed by atoms with Gasteiger partial charge in [-0.15, -0.1) is 0 Å². The van der Waals surface area contributed by atoms with E-state index in [1.54, 1.807) is 0 Å². The largest absolute Gasteiger partial charge is 0.356 e. The molecule has 2 aliphatic heterocycles. The summed E-state index contributed by atoms with van der Waals surface area (Å²) >= 11 is 0. The molecule has 0 radical (unpaired) electrons. The molecular weight excluding hydrogens is 262 g/mol. The van der Waals surface area contributed by atoms with Crippen molar-refractivity contribution in [2.45, 2.75) is 51.0 Å². The van der Waals surface area contributed by atoms with Crippen molar-refractivity contribution in [3.8, 4) is 0 Å². The fourth-order valence-electron chi connectivity index (χ4n) is 3.22. The van der Waals surface area contributed by atoms with Crippen LogP contribution in [0, 0.1) is 0 Å². The summed E-state index contributed by atoms with van der Waals surface area (Å²) in [5, 5.41) is 6.98. The highest BCUT2D eigenvalue weighted by Crippen LogP contribution is 2.18. The first-order valence-corrected chi connectivity index (χ1v) is 8.47. The van der Waals surface area contributed by atoms with Gasteiger partial charge < -0.3 is 15.5 Å². The van der Waals surface area contributed by atoms with Crippen molar-refractivity contribution in [2.24, 2.45) is 0 Å². The van der Waals surface area contributed by atoms with Gasteiger partial charge in [-0.2, -0.15) is 4.98 Å². The summed E-state index contributed by atoms with van der Waals surface area (Å²) in [5.41, 5.74) is 0. The van der Waals surface area contributed by atoms with Gasteiger partial charge in [0.25, 0.3) is 0 Å². The SMILES string of the molecule is c1cc(N2CCCCCC2)nc(NC2CCCCNC2)n1. The van der Waals surface area contributed by atoms with Crippen LogP contribution in [-0.4, -0.2) is 42.2 Å². The molecule has 0 aliphatic carbocycles. The molecule has 5 heteroatoms. The average molecular weight is 289 g/mol. The predicted molar refractivity (Wildman–Crippen MR) is 86.8 cm³/mol. The monoisotopic (exact) mass is 289 g/mol. The lowest BCUT2D eigenvalue weighted by Gasteiger charge is -2.22. The Morgan fingerprint density at radius 1 is 1.10 bits per heavy atom. The zero-order valence-corrected chi connectivity index (χ0v) is 12.9. The Bertz CT molecular complexity index is 420. The van der Waals surface area contributed by atoms with E-state index in [4.69, 9.17) is 4.98 Å². The lowest BCUT2D eigenvalue weighted by atomic mass is 10.1. The van der Waals surface area contributed by atoms with Crippen LogP contribution in [0.25, 0.3) is 0 Å². The Labute approximate surface area is 127 Å². The molecule has 1 unspecified atom stereocenters. The molecule has 1 aromatic heterocycles. The van der Waals surface area contributed by atoms with Crippen LogP contribution in [0.4, 0.5) is 11.8 Å². The van der Waals surface area contributed by atoms with E-state index in [9.17, 15) is 0 Å². The third-order valence-corrected chi connectivity index (χ3v) is 4.45. The third-order valence-electron chi connectivity index (χ3n) is 4.45. The van der Waals surface area contributed by atoms with Crippen molar-refractivity contribution in [1.29, 1.82) is 0 Å². The predicted octanol–water partition coefficient (Wildman–Crippen LogP) is 2.41. The first kappa shape index (κ1) is 14.6. The second-order valence-corrected chi connectivity index (χ2v) is 6.18. The van der Waals surface area contributed by atoms with E-state index in [1.165, 1.54) is 44.9 Å². The van der Waals surface area contributed by atoms with Gasteiger partial charge in [-0.05, 0) is 38.3 Å². The van der Waals surface area contributed by atoms with Crippen molar-refractivity contribution >= 4 is 11.8 Å². The number of rotatable bonds is 3. The molecule has 5 nitrogen and oxygen atoms in total. The molecule has 2 fully saturated rings. The Morgan fingerprint density at radius 2 is 1.95 bits per heavy atom. The molecular formula is C16H27N5. The molecule has 2 aliphatic rings. The highest BCUT2D eigenvalue weighted by molar-refractivity contribution is 5.43. The van der Waals surface area contributed by atoms with Crippen LogP contribution in [0.1, 0.15) is 44.9 Å². The van der Waals surface area contributed by atoms with Crippen LogP contribution in [0.5, 0.6) is 0 Å². The molecule has 2 N–H and O–H groups in total. The topological polar surface area (TPSA) is 53.1 Å². The number of aromatic nitrogens is 2. The number of hydrogen-bond acceptors (Lipinski definition) is 5. The third kappa shape index (κ3) is 4.30. The molecule has 1 atom stereocenters. The molecule has 0 spiro atoms. The van der Waals surface area contributed by atoms with E-state index in [-0.39, 0.29) is 0 Å². The van der Waals surface area contributed by atoms with Gasteiger partial charge in [0.15, 0.2) is 0 Å². The van der Waals surface area contributed by atoms with Gasteiger partial charge in [0.2, 0.25) is 5.95 Å². The first-order chi connectivity index (χ1) is 10.4. The summed E-state index contributed by atoms with van der Waals surface area (Å²) in [4.78, 5) is 11.6. The molecule has 116 valence electrons. The second kappa shape index (κ2) is 7.59. The fourth-order valence-corrected chi connectivity index (χ4v) is 3.22. The van der Waals surface area contributed by atoms with Crippen LogP contribution in [0.2, 0.25) is 0 Å². The Morgan fingerprint density at radius 3 is 2.81 bits per heavy atom. The van der Waals surface area contributed by atoms with Crippen LogP contribution in [0.3, 0.4) is 0 Å². The maximum Gasteiger partial charge on any atom is 0.224 e. The number of nitrogens with zero attached hydrogens (tertiary/aromatic N) is 3. The van der Waals surface area contributed by atoms with Crippen LogP contribution < -0.4 is 15.5 Å². The van der Waals surface area contributed by atoms with E-state index >= 15 is 0 Å². The molecule has 0 saturated carbocycles. The van der Waals surface area contributed by atoms with Gasteiger partial charge >= 0.3 is 0 Å². The summed E-state index contributed by atoms with van der Waals surface area (Å²) in [6.45, 7) is 4.40. The Balaban J connectivity index is 1.64. The van der Waals surface area contributed by atoms with Crippen LogP contribution in [0.15, 0.2) is 12.3 Å². The molecule has 0 amide bonds. The van der Waals surface area contributed by atoms with Gasteiger partial charge in [0.1, 0.15) is 5.82 Å². The molecule has 2 saturated heterocycles.